The second kappa shape index (κ2) is 3.31. The molecular weight excluding hydrogens is 192 g/mol. The van der Waals surface area contributed by atoms with E-state index in [0.29, 0.717) is 12.3 Å². The zero-order valence-electron chi connectivity index (χ0n) is 8.91. The second-order valence-corrected chi connectivity index (χ2v) is 3.96. The molecule has 1 aromatic heterocycles. The molecule has 1 aromatic rings. The van der Waals surface area contributed by atoms with Crippen molar-refractivity contribution < 1.29 is 9.53 Å². The molecule has 1 unspecified atom stereocenters. The smallest absolute Gasteiger partial charge is 0.267 e. The maximum atomic E-state index is 11.0. The molecule has 15 heavy (non-hydrogen) atoms. The topological polar surface area (TPSA) is 65.2 Å². The van der Waals surface area contributed by atoms with E-state index in [-0.39, 0.29) is 5.60 Å². The van der Waals surface area contributed by atoms with Crippen LogP contribution in [0.25, 0.3) is 0 Å². The van der Waals surface area contributed by atoms with Crippen molar-refractivity contribution >= 4 is 5.91 Å². The van der Waals surface area contributed by atoms with Crippen LogP contribution >= 0.6 is 0 Å². The SMILES string of the molecule is CCC1(C)OCc2cnc(C(N)=O)cc21. The first-order valence-corrected chi connectivity index (χ1v) is 5.00. The van der Waals surface area contributed by atoms with E-state index in [0.717, 1.165) is 17.5 Å². The number of nitrogens with zero attached hydrogens (tertiary/aromatic N) is 1. The molecule has 2 N–H and O–H groups in total. The number of aromatic nitrogens is 1. The van der Waals surface area contributed by atoms with E-state index in [4.69, 9.17) is 10.5 Å². The lowest BCUT2D eigenvalue weighted by Gasteiger charge is -2.22. The van der Waals surface area contributed by atoms with Crippen LogP contribution < -0.4 is 5.73 Å². The van der Waals surface area contributed by atoms with Gasteiger partial charge in [-0.2, -0.15) is 0 Å². The molecule has 80 valence electrons. The number of hydrogen-bond donors (Lipinski definition) is 1. The number of ether oxygens (including phenoxy) is 1. The minimum absolute atomic E-state index is 0.303. The van der Waals surface area contributed by atoms with Crippen LogP contribution in [0.15, 0.2) is 12.3 Å². The van der Waals surface area contributed by atoms with Gasteiger partial charge in [-0.15, -0.1) is 0 Å². The number of fused-ring (bicyclic) bond motifs is 1. The molecule has 1 atom stereocenters. The largest absolute Gasteiger partial charge is 0.366 e. The molecular formula is C11H14N2O2. The zero-order chi connectivity index (χ0) is 11.1. The molecule has 0 saturated carbocycles. The number of nitrogens with two attached hydrogens (primary N) is 1. The molecule has 1 aliphatic heterocycles. The van der Waals surface area contributed by atoms with Crippen LogP contribution in [0.1, 0.15) is 41.9 Å². The fraction of sp³-hybridized carbons (Fsp3) is 0.455. The molecule has 2 heterocycles. The van der Waals surface area contributed by atoms with Gasteiger partial charge in [-0.05, 0) is 25.0 Å². The summed E-state index contributed by atoms with van der Waals surface area (Å²) in [7, 11) is 0. The summed E-state index contributed by atoms with van der Waals surface area (Å²) in [6.45, 7) is 4.63. The predicted octanol–water partition coefficient (Wildman–Crippen LogP) is 1.34. The molecule has 4 heteroatoms. The molecule has 0 aromatic carbocycles. The Balaban J connectivity index is 2.51. The summed E-state index contributed by atoms with van der Waals surface area (Å²) in [5.41, 5.74) is 7.28. The lowest BCUT2D eigenvalue weighted by atomic mass is 9.92. The number of primary amides is 1. The highest BCUT2D eigenvalue weighted by atomic mass is 16.5. The first kappa shape index (κ1) is 10.1. The van der Waals surface area contributed by atoms with E-state index in [1.807, 2.05) is 6.92 Å². The average molecular weight is 206 g/mol. The Morgan fingerprint density at radius 3 is 3.07 bits per heavy atom. The van der Waals surface area contributed by atoms with Gasteiger partial charge in [-0.25, -0.2) is 0 Å². The number of pyridine rings is 1. The van der Waals surface area contributed by atoms with Crippen LogP contribution in [0.3, 0.4) is 0 Å². The van der Waals surface area contributed by atoms with Crippen molar-refractivity contribution in [1.82, 2.24) is 4.98 Å². The maximum Gasteiger partial charge on any atom is 0.267 e. The van der Waals surface area contributed by atoms with Crippen molar-refractivity contribution in [3.05, 3.63) is 29.1 Å². The molecule has 0 radical (unpaired) electrons. The third kappa shape index (κ3) is 1.51. The van der Waals surface area contributed by atoms with E-state index in [1.54, 1.807) is 12.3 Å². The average Bonchev–Trinajstić information content (AvgIpc) is 2.57. The summed E-state index contributed by atoms with van der Waals surface area (Å²) in [5, 5.41) is 0. The van der Waals surface area contributed by atoms with Crippen LogP contribution in [-0.4, -0.2) is 10.9 Å². The van der Waals surface area contributed by atoms with E-state index in [2.05, 4.69) is 11.9 Å². The summed E-state index contributed by atoms with van der Waals surface area (Å²) >= 11 is 0. The van der Waals surface area contributed by atoms with Gasteiger partial charge in [-0.3, -0.25) is 9.78 Å². The lowest BCUT2D eigenvalue weighted by molar-refractivity contribution is -0.0259. The monoisotopic (exact) mass is 206 g/mol. The van der Waals surface area contributed by atoms with Gasteiger partial charge in [0.2, 0.25) is 0 Å². The number of hydrogen-bond acceptors (Lipinski definition) is 3. The van der Waals surface area contributed by atoms with Gasteiger partial charge in [0, 0.05) is 11.8 Å². The zero-order valence-corrected chi connectivity index (χ0v) is 8.91. The van der Waals surface area contributed by atoms with Crippen molar-refractivity contribution in [3.8, 4) is 0 Å². The Labute approximate surface area is 88.4 Å². The van der Waals surface area contributed by atoms with Crippen molar-refractivity contribution in [2.24, 2.45) is 5.73 Å². The van der Waals surface area contributed by atoms with Crippen LogP contribution in [0.5, 0.6) is 0 Å². The standard InChI is InChI=1S/C11H14N2O2/c1-3-11(2)8-4-9(10(12)14)13-5-7(8)6-15-11/h4-5H,3,6H2,1-2H3,(H2,12,14). The van der Waals surface area contributed by atoms with Crippen LogP contribution in [0, 0.1) is 0 Å². The van der Waals surface area contributed by atoms with Gasteiger partial charge in [0.05, 0.1) is 12.2 Å². The Bertz CT molecular complexity index is 417. The minimum atomic E-state index is -0.497. The summed E-state index contributed by atoms with van der Waals surface area (Å²) in [6, 6.07) is 1.74. The fourth-order valence-electron chi connectivity index (χ4n) is 1.83. The molecule has 1 aliphatic rings. The molecule has 0 aliphatic carbocycles. The van der Waals surface area contributed by atoms with Gasteiger partial charge in [-0.1, -0.05) is 6.92 Å². The molecule has 1 amide bonds. The number of carbonyl (C=O) groups is 1. The summed E-state index contributed by atoms with van der Waals surface area (Å²) in [5.74, 6) is -0.497. The summed E-state index contributed by atoms with van der Waals surface area (Å²) in [6.07, 6.45) is 2.54. The van der Waals surface area contributed by atoms with Crippen LogP contribution in [-0.2, 0) is 16.9 Å². The molecule has 0 fully saturated rings. The fourth-order valence-corrected chi connectivity index (χ4v) is 1.83. The van der Waals surface area contributed by atoms with Crippen LogP contribution in [0.2, 0.25) is 0 Å². The quantitative estimate of drug-likeness (QED) is 0.794. The molecule has 2 rings (SSSR count). The van der Waals surface area contributed by atoms with E-state index < -0.39 is 5.91 Å². The molecule has 0 spiro atoms. The highest BCUT2D eigenvalue weighted by Gasteiger charge is 2.34. The molecule has 0 bridgehead atoms. The van der Waals surface area contributed by atoms with Crippen molar-refractivity contribution in [2.45, 2.75) is 32.5 Å². The molecule has 0 saturated heterocycles. The Kier molecular flexibility index (Phi) is 2.23. The van der Waals surface area contributed by atoms with E-state index >= 15 is 0 Å². The Hall–Kier alpha value is -1.42. The number of amides is 1. The van der Waals surface area contributed by atoms with Gasteiger partial charge in [0.25, 0.3) is 5.91 Å². The number of rotatable bonds is 2. The minimum Gasteiger partial charge on any atom is -0.366 e. The maximum absolute atomic E-state index is 11.0. The number of carbonyl (C=O) groups excluding carboxylic acids is 1. The highest BCUT2D eigenvalue weighted by molar-refractivity contribution is 5.91. The van der Waals surface area contributed by atoms with Gasteiger partial charge in [0.15, 0.2) is 0 Å². The van der Waals surface area contributed by atoms with Gasteiger partial charge < -0.3 is 10.5 Å². The van der Waals surface area contributed by atoms with Crippen molar-refractivity contribution in [2.75, 3.05) is 0 Å². The predicted molar refractivity (Wildman–Crippen MR) is 55.2 cm³/mol. The first-order valence-electron chi connectivity index (χ1n) is 5.00. The Morgan fingerprint density at radius 1 is 1.73 bits per heavy atom. The lowest BCUT2D eigenvalue weighted by Crippen LogP contribution is -2.20. The normalized spacial score (nSPS) is 23.9. The third-order valence-electron chi connectivity index (χ3n) is 3.03. The Morgan fingerprint density at radius 2 is 2.47 bits per heavy atom. The van der Waals surface area contributed by atoms with Gasteiger partial charge in [0.1, 0.15) is 5.69 Å². The third-order valence-corrected chi connectivity index (χ3v) is 3.03. The highest BCUT2D eigenvalue weighted by Crippen LogP contribution is 2.38. The van der Waals surface area contributed by atoms with E-state index in [1.165, 1.54) is 0 Å². The summed E-state index contributed by atoms with van der Waals surface area (Å²) in [4.78, 5) is 15.0. The first-order chi connectivity index (χ1) is 7.07. The van der Waals surface area contributed by atoms with Gasteiger partial charge >= 0.3 is 0 Å². The van der Waals surface area contributed by atoms with E-state index in [9.17, 15) is 4.79 Å². The summed E-state index contributed by atoms with van der Waals surface area (Å²) < 4.78 is 5.70. The van der Waals surface area contributed by atoms with Crippen molar-refractivity contribution in [3.63, 3.8) is 0 Å². The molecule has 4 nitrogen and oxygen atoms in total. The second-order valence-electron chi connectivity index (χ2n) is 3.96. The van der Waals surface area contributed by atoms with Crippen LogP contribution in [0.4, 0.5) is 0 Å². The van der Waals surface area contributed by atoms with Crippen molar-refractivity contribution in [1.29, 1.82) is 0 Å².